The van der Waals surface area contributed by atoms with Gasteiger partial charge in [0, 0.05) is 30.5 Å². The Labute approximate surface area is 157 Å². The van der Waals surface area contributed by atoms with Crippen molar-refractivity contribution in [3.8, 4) is 11.5 Å². The van der Waals surface area contributed by atoms with E-state index in [9.17, 15) is 9.90 Å². The van der Waals surface area contributed by atoms with Gasteiger partial charge in [-0.1, -0.05) is 31.1 Å². The summed E-state index contributed by atoms with van der Waals surface area (Å²) in [5.74, 6) is 1.56. The van der Waals surface area contributed by atoms with E-state index in [1.54, 1.807) is 7.11 Å². The SMILES string of the molecule is COc1cccc2c1OC[C@]1(C(=O)O)CN(Cc3noc(C(C)C)n3)C[C@H]21. The summed E-state index contributed by atoms with van der Waals surface area (Å²) < 4.78 is 16.5. The molecule has 4 rings (SSSR count). The van der Waals surface area contributed by atoms with Crippen molar-refractivity contribution in [3.05, 3.63) is 35.5 Å². The van der Waals surface area contributed by atoms with Crippen molar-refractivity contribution in [1.29, 1.82) is 0 Å². The molecule has 0 radical (unpaired) electrons. The molecule has 2 aromatic rings. The summed E-state index contributed by atoms with van der Waals surface area (Å²) in [4.78, 5) is 18.7. The van der Waals surface area contributed by atoms with Crippen LogP contribution in [0.25, 0.3) is 0 Å². The minimum absolute atomic E-state index is 0.111. The number of benzene rings is 1. The molecule has 144 valence electrons. The number of carbonyl (C=O) groups is 1. The number of nitrogens with zero attached hydrogens (tertiary/aromatic N) is 3. The number of carboxylic acid groups (broad SMARTS) is 1. The van der Waals surface area contributed by atoms with Crippen molar-refractivity contribution >= 4 is 5.97 Å². The Morgan fingerprint density at radius 2 is 2.30 bits per heavy atom. The molecule has 0 spiro atoms. The highest BCUT2D eigenvalue weighted by Crippen LogP contribution is 2.52. The lowest BCUT2D eigenvalue weighted by molar-refractivity contribution is -0.152. The minimum atomic E-state index is -0.996. The van der Waals surface area contributed by atoms with Gasteiger partial charge in [0.1, 0.15) is 12.0 Å². The predicted molar refractivity (Wildman–Crippen MR) is 95.0 cm³/mol. The average Bonchev–Trinajstić information content (AvgIpc) is 3.26. The van der Waals surface area contributed by atoms with Crippen LogP contribution in [0.5, 0.6) is 11.5 Å². The van der Waals surface area contributed by atoms with Gasteiger partial charge >= 0.3 is 5.97 Å². The molecule has 0 aliphatic carbocycles. The summed E-state index contributed by atoms with van der Waals surface area (Å²) >= 11 is 0. The van der Waals surface area contributed by atoms with Gasteiger partial charge < -0.3 is 19.1 Å². The van der Waals surface area contributed by atoms with Gasteiger partial charge in [-0.2, -0.15) is 4.98 Å². The fraction of sp³-hybridized carbons (Fsp3) is 0.526. The third-order valence-corrected chi connectivity index (χ3v) is 5.46. The van der Waals surface area contributed by atoms with Crippen molar-refractivity contribution in [1.82, 2.24) is 15.0 Å². The lowest BCUT2D eigenvalue weighted by atomic mass is 9.73. The fourth-order valence-electron chi connectivity index (χ4n) is 4.04. The highest BCUT2D eigenvalue weighted by molar-refractivity contribution is 5.78. The number of ether oxygens (including phenoxy) is 2. The van der Waals surface area contributed by atoms with E-state index in [-0.39, 0.29) is 18.4 Å². The molecule has 2 atom stereocenters. The van der Waals surface area contributed by atoms with Crippen LogP contribution in [0.4, 0.5) is 0 Å². The zero-order valence-corrected chi connectivity index (χ0v) is 15.6. The predicted octanol–water partition coefficient (Wildman–Crippen LogP) is 2.26. The molecule has 2 aliphatic heterocycles. The third-order valence-electron chi connectivity index (χ3n) is 5.46. The van der Waals surface area contributed by atoms with Crippen LogP contribution >= 0.6 is 0 Å². The van der Waals surface area contributed by atoms with Gasteiger partial charge in [0.05, 0.1) is 13.7 Å². The molecular weight excluding hydrogens is 350 g/mol. The van der Waals surface area contributed by atoms with Crippen LogP contribution in [0.3, 0.4) is 0 Å². The molecule has 27 heavy (non-hydrogen) atoms. The average molecular weight is 373 g/mol. The van der Waals surface area contributed by atoms with E-state index >= 15 is 0 Å². The van der Waals surface area contributed by atoms with Crippen LogP contribution < -0.4 is 9.47 Å². The van der Waals surface area contributed by atoms with Crippen LogP contribution in [-0.4, -0.2) is 52.9 Å². The summed E-state index contributed by atoms with van der Waals surface area (Å²) in [7, 11) is 1.58. The number of carboxylic acids is 1. The van der Waals surface area contributed by atoms with Crippen LogP contribution in [0.2, 0.25) is 0 Å². The maximum atomic E-state index is 12.2. The molecule has 1 N–H and O–H groups in total. The topological polar surface area (TPSA) is 97.9 Å². The number of likely N-dealkylation sites (tertiary alicyclic amines) is 1. The zero-order valence-electron chi connectivity index (χ0n) is 15.6. The first kappa shape index (κ1) is 17.8. The highest BCUT2D eigenvalue weighted by atomic mass is 16.5. The minimum Gasteiger partial charge on any atom is -0.493 e. The van der Waals surface area contributed by atoms with E-state index in [1.165, 1.54) is 0 Å². The largest absolute Gasteiger partial charge is 0.493 e. The number of hydrogen-bond acceptors (Lipinski definition) is 7. The van der Waals surface area contributed by atoms with Crippen LogP contribution in [-0.2, 0) is 11.3 Å². The van der Waals surface area contributed by atoms with Crippen molar-refractivity contribution in [2.24, 2.45) is 5.41 Å². The Morgan fingerprint density at radius 3 is 2.96 bits per heavy atom. The van der Waals surface area contributed by atoms with E-state index in [0.29, 0.717) is 42.8 Å². The summed E-state index contributed by atoms with van der Waals surface area (Å²) in [6.45, 7) is 5.49. The standard InChI is InChI=1S/C19H23N3O5/c1-11(2)17-20-15(21-27-17)8-22-7-13-12-5-4-6-14(25-3)16(12)26-10-19(13,9-22)18(23)24/h4-6,11,13H,7-10H2,1-3H3,(H,23,24)/t13-,19-/m1/s1. The second-order valence-electron chi connectivity index (χ2n) is 7.55. The van der Waals surface area contributed by atoms with Crippen LogP contribution in [0.1, 0.15) is 43.0 Å². The summed E-state index contributed by atoms with van der Waals surface area (Å²) in [6, 6.07) is 5.62. The van der Waals surface area contributed by atoms with Crippen molar-refractivity contribution in [3.63, 3.8) is 0 Å². The first-order valence-corrected chi connectivity index (χ1v) is 9.02. The molecule has 1 fully saturated rings. The lowest BCUT2D eigenvalue weighted by Crippen LogP contribution is -2.45. The van der Waals surface area contributed by atoms with E-state index in [4.69, 9.17) is 14.0 Å². The summed E-state index contributed by atoms with van der Waals surface area (Å²) in [5, 5.41) is 14.1. The molecule has 0 amide bonds. The van der Waals surface area contributed by atoms with Crippen molar-refractivity contribution < 1.29 is 23.9 Å². The number of aromatic nitrogens is 2. The molecule has 1 aromatic heterocycles. The van der Waals surface area contributed by atoms with Gasteiger partial charge in [0.15, 0.2) is 17.3 Å². The molecule has 3 heterocycles. The highest BCUT2D eigenvalue weighted by Gasteiger charge is 2.57. The Hall–Kier alpha value is -2.61. The monoisotopic (exact) mass is 373 g/mol. The van der Waals surface area contributed by atoms with E-state index in [2.05, 4.69) is 15.0 Å². The Kier molecular flexibility index (Phi) is 4.30. The molecular formula is C19H23N3O5. The zero-order chi connectivity index (χ0) is 19.2. The summed E-state index contributed by atoms with van der Waals surface area (Å²) in [6.07, 6.45) is 0. The van der Waals surface area contributed by atoms with Crippen molar-refractivity contribution in [2.75, 3.05) is 26.8 Å². The Morgan fingerprint density at radius 1 is 1.48 bits per heavy atom. The van der Waals surface area contributed by atoms with Crippen LogP contribution in [0.15, 0.2) is 22.7 Å². The van der Waals surface area contributed by atoms with E-state index < -0.39 is 11.4 Å². The maximum absolute atomic E-state index is 12.2. The molecule has 0 bridgehead atoms. The first-order valence-electron chi connectivity index (χ1n) is 9.02. The number of aliphatic carboxylic acids is 1. The number of methoxy groups -OCH3 is 1. The molecule has 0 saturated carbocycles. The number of fused-ring (bicyclic) bond motifs is 3. The lowest BCUT2D eigenvalue weighted by Gasteiger charge is -2.36. The quantitative estimate of drug-likeness (QED) is 0.852. The number of hydrogen-bond donors (Lipinski definition) is 1. The van der Waals surface area contributed by atoms with E-state index in [1.807, 2.05) is 32.0 Å². The normalized spacial score (nSPS) is 24.4. The van der Waals surface area contributed by atoms with Gasteiger partial charge in [-0.05, 0) is 6.07 Å². The Bertz CT molecular complexity index is 865. The summed E-state index contributed by atoms with van der Waals surface area (Å²) in [5.41, 5.74) is -0.120. The number of para-hydroxylation sites is 1. The molecule has 2 aliphatic rings. The maximum Gasteiger partial charge on any atom is 0.315 e. The van der Waals surface area contributed by atoms with Gasteiger partial charge in [-0.25, -0.2) is 0 Å². The molecule has 1 saturated heterocycles. The van der Waals surface area contributed by atoms with E-state index in [0.717, 1.165) is 5.56 Å². The van der Waals surface area contributed by atoms with Gasteiger partial charge in [0.25, 0.3) is 0 Å². The third kappa shape index (κ3) is 2.84. The number of rotatable bonds is 5. The van der Waals surface area contributed by atoms with Crippen molar-refractivity contribution in [2.45, 2.75) is 32.2 Å². The van der Waals surface area contributed by atoms with Crippen LogP contribution in [0, 0.1) is 5.41 Å². The van der Waals surface area contributed by atoms with Gasteiger partial charge in [-0.15, -0.1) is 0 Å². The second kappa shape index (κ2) is 6.53. The van der Waals surface area contributed by atoms with Gasteiger partial charge in [-0.3, -0.25) is 9.69 Å². The first-order chi connectivity index (χ1) is 12.9. The van der Waals surface area contributed by atoms with Gasteiger partial charge in [0.2, 0.25) is 5.89 Å². The molecule has 0 unspecified atom stereocenters. The molecule has 8 nitrogen and oxygen atoms in total. The second-order valence-corrected chi connectivity index (χ2v) is 7.55. The molecule has 8 heteroatoms. The smallest absolute Gasteiger partial charge is 0.315 e. The Balaban J connectivity index is 1.64. The molecule has 1 aromatic carbocycles. The fourth-order valence-corrected chi connectivity index (χ4v) is 4.04.